The maximum atomic E-state index is 12.2. The minimum Gasteiger partial charge on any atom is -0.350 e. The summed E-state index contributed by atoms with van der Waals surface area (Å²) in [7, 11) is -3.34. The average molecular weight is 398 g/mol. The molecule has 146 valence electrons. The molecule has 0 saturated heterocycles. The third-order valence-corrected chi connectivity index (χ3v) is 5.54. The molecule has 1 amide bonds. The molecule has 0 bridgehead atoms. The van der Waals surface area contributed by atoms with Gasteiger partial charge in [0.15, 0.2) is 9.84 Å². The first-order valence-corrected chi connectivity index (χ1v) is 10.8. The molecule has 28 heavy (non-hydrogen) atoms. The molecule has 3 rings (SSSR count). The van der Waals surface area contributed by atoms with Gasteiger partial charge >= 0.3 is 0 Å². The topological polar surface area (TPSA) is 101 Å². The Balaban J connectivity index is 1.87. The van der Waals surface area contributed by atoms with E-state index >= 15 is 0 Å². The van der Waals surface area contributed by atoms with E-state index in [4.69, 9.17) is 0 Å². The number of hydrogen-bond acceptors (Lipinski definition) is 6. The maximum absolute atomic E-state index is 12.2. The lowest BCUT2D eigenvalue weighted by Crippen LogP contribution is -2.31. The third kappa shape index (κ3) is 4.45. The fraction of sp³-hybridized carbons (Fsp3) is 0.250. The van der Waals surface area contributed by atoms with Crippen LogP contribution in [0.2, 0.25) is 0 Å². The van der Waals surface area contributed by atoms with Crippen molar-refractivity contribution in [3.05, 3.63) is 54.4 Å². The fourth-order valence-corrected chi connectivity index (χ4v) is 3.26. The number of carbonyl (C=O) groups excluding carboxylic acids is 1. The van der Waals surface area contributed by atoms with Gasteiger partial charge in [-0.05, 0) is 55.8 Å². The van der Waals surface area contributed by atoms with Crippen molar-refractivity contribution in [2.45, 2.75) is 31.2 Å². The molecule has 0 spiro atoms. The minimum absolute atomic E-state index is 0.113. The maximum Gasteiger partial charge on any atom is 0.251 e. The Morgan fingerprint density at radius 1 is 1.11 bits per heavy atom. The summed E-state index contributed by atoms with van der Waals surface area (Å²) >= 11 is 0. The van der Waals surface area contributed by atoms with Crippen LogP contribution in [0.3, 0.4) is 0 Å². The highest BCUT2D eigenvalue weighted by atomic mass is 32.2. The van der Waals surface area contributed by atoms with E-state index < -0.39 is 9.84 Å². The summed E-state index contributed by atoms with van der Waals surface area (Å²) in [4.78, 5) is 20.8. The number of amides is 1. The van der Waals surface area contributed by atoms with Gasteiger partial charge in [-0.2, -0.15) is 0 Å². The molecule has 0 saturated carbocycles. The molecule has 8 heteroatoms. The summed E-state index contributed by atoms with van der Waals surface area (Å²) in [6.07, 6.45) is 3.44. The molecule has 1 atom stereocenters. The van der Waals surface area contributed by atoms with Gasteiger partial charge in [-0.25, -0.2) is 18.4 Å². The zero-order valence-electron chi connectivity index (χ0n) is 15.9. The zero-order chi connectivity index (χ0) is 20.3. The lowest BCUT2D eigenvalue weighted by atomic mass is 10.1. The van der Waals surface area contributed by atoms with Crippen LogP contribution in [0.25, 0.3) is 10.9 Å². The van der Waals surface area contributed by atoms with E-state index in [9.17, 15) is 13.2 Å². The molecule has 2 aromatic carbocycles. The Morgan fingerprint density at radius 2 is 1.82 bits per heavy atom. The highest BCUT2D eigenvalue weighted by Gasteiger charge is 2.12. The number of aromatic nitrogens is 2. The molecule has 3 aromatic rings. The average Bonchev–Trinajstić information content (AvgIpc) is 2.67. The normalized spacial score (nSPS) is 12.5. The van der Waals surface area contributed by atoms with Crippen LogP contribution in [0.5, 0.6) is 0 Å². The first-order valence-electron chi connectivity index (χ1n) is 8.90. The Kier molecular flexibility index (Phi) is 5.60. The van der Waals surface area contributed by atoms with Crippen LogP contribution in [0.15, 0.2) is 53.7 Å². The number of carbonyl (C=O) groups is 1. The number of fused-ring (bicyclic) bond motifs is 1. The summed E-state index contributed by atoms with van der Waals surface area (Å²) in [5.41, 5.74) is 1.93. The highest BCUT2D eigenvalue weighted by molar-refractivity contribution is 7.90. The largest absolute Gasteiger partial charge is 0.350 e. The molecule has 0 aliphatic heterocycles. The molecular weight excluding hydrogens is 376 g/mol. The summed E-state index contributed by atoms with van der Waals surface area (Å²) < 4.78 is 23.7. The summed E-state index contributed by atoms with van der Waals surface area (Å²) in [6, 6.07) is 11.9. The predicted octanol–water partition coefficient (Wildman–Crippen LogP) is 3.31. The van der Waals surface area contributed by atoms with Crippen molar-refractivity contribution in [1.82, 2.24) is 15.3 Å². The van der Waals surface area contributed by atoms with Crippen molar-refractivity contribution < 1.29 is 13.2 Å². The number of benzene rings is 2. The Labute approximate surface area is 164 Å². The first kappa shape index (κ1) is 19.8. The molecule has 0 unspecified atom stereocenters. The third-order valence-electron chi connectivity index (χ3n) is 4.43. The van der Waals surface area contributed by atoms with Crippen molar-refractivity contribution in [1.29, 1.82) is 0 Å². The van der Waals surface area contributed by atoms with Gasteiger partial charge in [0, 0.05) is 28.9 Å². The smallest absolute Gasteiger partial charge is 0.251 e. The van der Waals surface area contributed by atoms with Crippen LogP contribution in [-0.2, 0) is 9.84 Å². The molecular formula is C20H22N4O3S. The van der Waals surface area contributed by atoms with Gasteiger partial charge in [0.25, 0.3) is 5.91 Å². The molecule has 2 N–H and O–H groups in total. The number of nitrogens with one attached hydrogen (secondary N) is 2. The van der Waals surface area contributed by atoms with Crippen molar-refractivity contribution in [2.75, 3.05) is 11.6 Å². The van der Waals surface area contributed by atoms with E-state index in [2.05, 4.69) is 20.6 Å². The minimum atomic E-state index is -3.34. The van der Waals surface area contributed by atoms with Gasteiger partial charge in [-0.15, -0.1) is 0 Å². The predicted molar refractivity (Wildman–Crippen MR) is 110 cm³/mol. The first-order chi connectivity index (χ1) is 13.3. The van der Waals surface area contributed by atoms with Gasteiger partial charge in [0.1, 0.15) is 12.1 Å². The second-order valence-corrected chi connectivity index (χ2v) is 8.67. The molecule has 0 aliphatic carbocycles. The van der Waals surface area contributed by atoms with Gasteiger partial charge in [-0.3, -0.25) is 4.79 Å². The molecule has 0 radical (unpaired) electrons. The van der Waals surface area contributed by atoms with Gasteiger partial charge in [0.05, 0.1) is 10.4 Å². The van der Waals surface area contributed by atoms with E-state index in [-0.39, 0.29) is 16.8 Å². The van der Waals surface area contributed by atoms with E-state index in [1.54, 1.807) is 36.4 Å². The van der Waals surface area contributed by atoms with Crippen molar-refractivity contribution in [3.63, 3.8) is 0 Å². The van der Waals surface area contributed by atoms with E-state index in [1.807, 2.05) is 13.8 Å². The van der Waals surface area contributed by atoms with E-state index in [1.165, 1.54) is 12.4 Å². The summed E-state index contributed by atoms with van der Waals surface area (Å²) in [5, 5.41) is 6.69. The lowest BCUT2D eigenvalue weighted by Gasteiger charge is -2.12. The SMILES string of the molecule is CC[C@@H](C)NC(=O)c1ccc(Nc2ncnc3ccc(S(C)(=O)=O)cc23)cc1. The lowest BCUT2D eigenvalue weighted by molar-refractivity contribution is 0.0939. The van der Waals surface area contributed by atoms with E-state index in [0.29, 0.717) is 22.3 Å². The molecule has 1 heterocycles. The number of nitrogens with zero attached hydrogens (tertiary/aromatic N) is 2. The standard InChI is InChI=1S/C20H22N4O3S/c1-4-13(2)23-20(25)14-5-7-15(8-6-14)24-19-17-11-16(28(3,26)27)9-10-18(17)21-12-22-19/h5-13H,4H2,1-3H3,(H,23,25)(H,21,22,24)/t13-/m1/s1. The highest BCUT2D eigenvalue weighted by Crippen LogP contribution is 2.25. The van der Waals surface area contributed by atoms with Crippen LogP contribution in [-0.4, -0.2) is 36.6 Å². The second kappa shape index (κ2) is 7.93. The van der Waals surface area contributed by atoms with Crippen LogP contribution in [0.4, 0.5) is 11.5 Å². The molecule has 1 aromatic heterocycles. The van der Waals surface area contributed by atoms with Gasteiger partial charge in [0.2, 0.25) is 0 Å². The monoisotopic (exact) mass is 398 g/mol. The quantitative estimate of drug-likeness (QED) is 0.661. The summed E-state index contributed by atoms with van der Waals surface area (Å²) in [6.45, 7) is 3.97. The van der Waals surface area contributed by atoms with Crippen LogP contribution in [0.1, 0.15) is 30.6 Å². The Morgan fingerprint density at radius 3 is 2.46 bits per heavy atom. The number of anilines is 2. The second-order valence-electron chi connectivity index (χ2n) is 6.66. The molecule has 7 nitrogen and oxygen atoms in total. The fourth-order valence-electron chi connectivity index (χ4n) is 2.62. The Bertz CT molecular complexity index is 1110. The van der Waals surface area contributed by atoms with Gasteiger partial charge in [-0.1, -0.05) is 6.92 Å². The van der Waals surface area contributed by atoms with Crippen molar-refractivity contribution in [2.24, 2.45) is 0 Å². The van der Waals surface area contributed by atoms with Crippen LogP contribution >= 0.6 is 0 Å². The summed E-state index contributed by atoms with van der Waals surface area (Å²) in [5.74, 6) is 0.374. The Hall–Kier alpha value is -3.00. The molecule has 0 aliphatic rings. The number of rotatable bonds is 6. The number of sulfone groups is 1. The van der Waals surface area contributed by atoms with Crippen molar-refractivity contribution in [3.8, 4) is 0 Å². The van der Waals surface area contributed by atoms with Crippen LogP contribution < -0.4 is 10.6 Å². The number of hydrogen-bond donors (Lipinski definition) is 2. The van der Waals surface area contributed by atoms with Gasteiger partial charge < -0.3 is 10.6 Å². The van der Waals surface area contributed by atoms with Crippen molar-refractivity contribution >= 4 is 38.2 Å². The molecule has 0 fully saturated rings. The zero-order valence-corrected chi connectivity index (χ0v) is 16.7. The van der Waals surface area contributed by atoms with Crippen LogP contribution in [0, 0.1) is 0 Å². The van der Waals surface area contributed by atoms with E-state index in [0.717, 1.165) is 18.4 Å².